The highest BCUT2D eigenvalue weighted by molar-refractivity contribution is 9.10. The monoisotopic (exact) mass is 440 g/mol. The van der Waals surface area contributed by atoms with Gasteiger partial charge in [0.1, 0.15) is 5.82 Å². The van der Waals surface area contributed by atoms with Crippen LogP contribution in [-0.4, -0.2) is 39.9 Å². The van der Waals surface area contributed by atoms with Gasteiger partial charge in [0, 0.05) is 41.0 Å². The predicted molar refractivity (Wildman–Crippen MR) is 117 cm³/mol. The van der Waals surface area contributed by atoms with Crippen LogP contribution in [0.2, 0.25) is 0 Å². The lowest BCUT2D eigenvalue weighted by atomic mass is 9.93. The summed E-state index contributed by atoms with van der Waals surface area (Å²) >= 11 is 3.54. The molecule has 1 aliphatic heterocycles. The molecule has 2 aromatic heterocycles. The molecule has 0 bridgehead atoms. The Hall–Kier alpha value is -2.18. The van der Waals surface area contributed by atoms with Crippen LogP contribution < -0.4 is 4.90 Å². The molecule has 0 atom stereocenters. The van der Waals surface area contributed by atoms with E-state index in [1.165, 1.54) is 0 Å². The fraction of sp³-hybridized carbons (Fsp3) is 0.364. The normalized spacial score (nSPS) is 16.5. The Bertz CT molecular complexity index is 1000. The zero-order valence-electron chi connectivity index (χ0n) is 16.4. The van der Waals surface area contributed by atoms with Gasteiger partial charge < -0.3 is 9.64 Å². The van der Waals surface area contributed by atoms with Crippen molar-refractivity contribution in [2.24, 2.45) is 0 Å². The minimum Gasteiger partial charge on any atom is -0.371 e. The lowest BCUT2D eigenvalue weighted by molar-refractivity contribution is -0.0335. The number of aryl methyl sites for hydroxylation is 1. The van der Waals surface area contributed by atoms with Crippen LogP contribution in [0.25, 0.3) is 16.9 Å². The lowest BCUT2D eigenvalue weighted by Crippen LogP contribution is -2.45. The average Bonchev–Trinajstić information content (AvgIpc) is 3.10. The second-order valence-corrected chi connectivity index (χ2v) is 8.52. The minimum atomic E-state index is -0.0858. The van der Waals surface area contributed by atoms with E-state index in [9.17, 15) is 0 Å². The number of hydrogen-bond acceptors (Lipinski definition) is 4. The third-order valence-corrected chi connectivity index (χ3v) is 5.84. The summed E-state index contributed by atoms with van der Waals surface area (Å²) in [7, 11) is 0. The molecule has 1 aromatic carbocycles. The van der Waals surface area contributed by atoms with Gasteiger partial charge in [-0.2, -0.15) is 9.61 Å². The average molecular weight is 441 g/mol. The minimum absolute atomic E-state index is 0.0858. The number of anilines is 1. The summed E-state index contributed by atoms with van der Waals surface area (Å²) in [6.07, 6.45) is 3.77. The van der Waals surface area contributed by atoms with E-state index >= 15 is 0 Å². The molecule has 3 aromatic rings. The van der Waals surface area contributed by atoms with E-state index in [0.29, 0.717) is 6.61 Å². The Morgan fingerprint density at radius 3 is 2.75 bits per heavy atom. The van der Waals surface area contributed by atoms with Gasteiger partial charge in [-0.1, -0.05) is 34.1 Å². The lowest BCUT2D eigenvalue weighted by Gasteiger charge is -2.40. The molecule has 6 heteroatoms. The molecule has 1 saturated heterocycles. The summed E-state index contributed by atoms with van der Waals surface area (Å²) in [6.45, 7) is 10.5. The highest BCUT2D eigenvalue weighted by Crippen LogP contribution is 2.31. The largest absolute Gasteiger partial charge is 0.371 e. The van der Waals surface area contributed by atoms with Crippen molar-refractivity contribution in [2.75, 3.05) is 24.6 Å². The molecule has 0 N–H and O–H groups in total. The standard InChI is InChI=1S/C22H25BrN4O/c1-4-12-28-22(3)8-10-26(11-9-22)21-13-16(2)24-20-15-19(25-27(20)21)17-6-5-7-18(23)14-17/h4-7,13-15H,1,8-12H2,2-3H3. The number of rotatable bonds is 5. The topological polar surface area (TPSA) is 42.7 Å². The molecule has 0 saturated carbocycles. The first-order chi connectivity index (χ1) is 13.5. The van der Waals surface area contributed by atoms with Gasteiger partial charge in [-0.15, -0.1) is 6.58 Å². The number of hydrogen-bond donors (Lipinski definition) is 0. The molecule has 5 nitrogen and oxygen atoms in total. The summed E-state index contributed by atoms with van der Waals surface area (Å²) in [5, 5.41) is 4.87. The molecule has 0 aliphatic carbocycles. The molecular weight excluding hydrogens is 416 g/mol. The highest BCUT2D eigenvalue weighted by atomic mass is 79.9. The molecule has 1 fully saturated rings. The molecule has 1 aliphatic rings. The van der Waals surface area contributed by atoms with E-state index in [1.54, 1.807) is 0 Å². The van der Waals surface area contributed by atoms with Gasteiger partial charge in [0.15, 0.2) is 5.65 Å². The van der Waals surface area contributed by atoms with Crippen molar-refractivity contribution in [2.45, 2.75) is 32.3 Å². The number of fused-ring (bicyclic) bond motifs is 1. The van der Waals surface area contributed by atoms with Crippen molar-refractivity contribution in [3.8, 4) is 11.3 Å². The zero-order valence-corrected chi connectivity index (χ0v) is 17.9. The van der Waals surface area contributed by atoms with Crippen molar-refractivity contribution in [1.82, 2.24) is 14.6 Å². The second kappa shape index (κ2) is 7.68. The molecule has 3 heterocycles. The zero-order chi connectivity index (χ0) is 19.7. The number of nitrogens with zero attached hydrogens (tertiary/aromatic N) is 4. The summed E-state index contributed by atoms with van der Waals surface area (Å²) in [6, 6.07) is 12.4. The second-order valence-electron chi connectivity index (χ2n) is 7.60. The van der Waals surface area contributed by atoms with E-state index in [4.69, 9.17) is 14.8 Å². The maximum absolute atomic E-state index is 6.00. The van der Waals surface area contributed by atoms with E-state index in [2.05, 4.69) is 58.6 Å². The summed E-state index contributed by atoms with van der Waals surface area (Å²) in [5.41, 5.74) is 3.79. The molecular formula is C22H25BrN4O. The first-order valence-electron chi connectivity index (χ1n) is 9.61. The van der Waals surface area contributed by atoms with Gasteiger partial charge in [0.05, 0.1) is 17.9 Å². The van der Waals surface area contributed by atoms with Gasteiger partial charge in [0.2, 0.25) is 0 Å². The van der Waals surface area contributed by atoms with Crippen LogP contribution in [0.1, 0.15) is 25.5 Å². The van der Waals surface area contributed by atoms with Crippen LogP contribution in [0.15, 0.2) is 53.5 Å². The number of halogens is 1. The van der Waals surface area contributed by atoms with E-state index < -0.39 is 0 Å². The number of benzene rings is 1. The number of aromatic nitrogens is 3. The quantitative estimate of drug-likeness (QED) is 0.521. The van der Waals surface area contributed by atoms with E-state index in [1.807, 2.05) is 29.6 Å². The number of ether oxygens (including phenoxy) is 1. The first kappa shape index (κ1) is 19.2. The van der Waals surface area contributed by atoms with Gasteiger partial charge in [-0.05, 0) is 38.8 Å². The molecule has 0 amide bonds. The molecule has 146 valence electrons. The Kier molecular flexibility index (Phi) is 5.25. The Balaban J connectivity index is 1.65. The van der Waals surface area contributed by atoms with Crippen molar-refractivity contribution in [1.29, 1.82) is 0 Å². The van der Waals surface area contributed by atoms with E-state index in [0.717, 1.165) is 58.8 Å². The Morgan fingerprint density at radius 2 is 2.04 bits per heavy atom. The van der Waals surface area contributed by atoms with Crippen molar-refractivity contribution < 1.29 is 4.74 Å². The third kappa shape index (κ3) is 3.84. The predicted octanol–water partition coefficient (Wildman–Crippen LogP) is 5.03. The van der Waals surface area contributed by atoms with Crippen LogP contribution in [0.3, 0.4) is 0 Å². The highest BCUT2D eigenvalue weighted by Gasteiger charge is 2.31. The van der Waals surface area contributed by atoms with Gasteiger partial charge >= 0.3 is 0 Å². The van der Waals surface area contributed by atoms with Crippen LogP contribution in [0.5, 0.6) is 0 Å². The molecule has 0 spiro atoms. The van der Waals surface area contributed by atoms with Gasteiger partial charge in [-0.3, -0.25) is 0 Å². The molecule has 0 radical (unpaired) electrons. The van der Waals surface area contributed by atoms with Crippen molar-refractivity contribution in [3.05, 3.63) is 59.2 Å². The molecule has 0 unspecified atom stereocenters. The van der Waals surface area contributed by atoms with Crippen LogP contribution in [0, 0.1) is 6.92 Å². The molecule has 4 rings (SSSR count). The van der Waals surface area contributed by atoms with E-state index in [-0.39, 0.29) is 5.60 Å². The Morgan fingerprint density at radius 1 is 1.25 bits per heavy atom. The van der Waals surface area contributed by atoms with Gasteiger partial charge in [0.25, 0.3) is 0 Å². The smallest absolute Gasteiger partial charge is 0.158 e. The third-order valence-electron chi connectivity index (χ3n) is 5.35. The maximum Gasteiger partial charge on any atom is 0.158 e. The van der Waals surface area contributed by atoms with Gasteiger partial charge in [-0.25, -0.2) is 4.98 Å². The van der Waals surface area contributed by atoms with Crippen molar-refractivity contribution >= 4 is 27.4 Å². The first-order valence-corrected chi connectivity index (χ1v) is 10.4. The van der Waals surface area contributed by atoms with Crippen LogP contribution >= 0.6 is 15.9 Å². The fourth-order valence-corrected chi connectivity index (χ4v) is 4.11. The van der Waals surface area contributed by atoms with Crippen LogP contribution in [-0.2, 0) is 4.74 Å². The van der Waals surface area contributed by atoms with Crippen LogP contribution in [0.4, 0.5) is 5.82 Å². The number of piperidine rings is 1. The SMILES string of the molecule is C=CCOC1(C)CCN(c2cc(C)nc3cc(-c4cccc(Br)c4)nn23)CC1. The summed E-state index contributed by atoms with van der Waals surface area (Å²) in [4.78, 5) is 7.08. The maximum atomic E-state index is 6.00. The fourth-order valence-electron chi connectivity index (χ4n) is 3.71. The summed E-state index contributed by atoms with van der Waals surface area (Å²) in [5.74, 6) is 1.09. The van der Waals surface area contributed by atoms with Crippen molar-refractivity contribution in [3.63, 3.8) is 0 Å². The Labute approximate surface area is 174 Å². The molecule has 28 heavy (non-hydrogen) atoms. The summed E-state index contributed by atoms with van der Waals surface area (Å²) < 4.78 is 9.02.